The van der Waals surface area contributed by atoms with Crippen LogP contribution in [0.3, 0.4) is 0 Å². The Bertz CT molecular complexity index is 682. The van der Waals surface area contributed by atoms with E-state index in [1.807, 2.05) is 0 Å². The number of carbonyl (C=O) groups is 1. The fourth-order valence-electron chi connectivity index (χ4n) is 1.67. The number of nitro groups is 1. The third-order valence-corrected chi connectivity index (χ3v) is 2.63. The molecule has 10 heteroatoms. The molecule has 0 radical (unpaired) electrons. The van der Waals surface area contributed by atoms with Crippen LogP contribution in [0.4, 0.5) is 11.5 Å². The molecule has 0 unspecified atom stereocenters. The number of carbonyl (C=O) groups excluding carboxylic acids is 1. The van der Waals surface area contributed by atoms with E-state index in [-0.39, 0.29) is 17.9 Å². The van der Waals surface area contributed by atoms with Crippen LogP contribution in [0.1, 0.15) is 16.2 Å². The highest BCUT2D eigenvalue weighted by molar-refractivity contribution is 5.98. The molecule has 0 aromatic carbocycles. The minimum Gasteiger partial charge on any atom is -0.384 e. The van der Waals surface area contributed by atoms with Gasteiger partial charge in [-0.1, -0.05) is 0 Å². The van der Waals surface area contributed by atoms with Crippen molar-refractivity contribution in [2.24, 2.45) is 7.05 Å². The van der Waals surface area contributed by atoms with Gasteiger partial charge >= 0.3 is 0 Å². The monoisotopic (exact) mass is 291 g/mol. The summed E-state index contributed by atoms with van der Waals surface area (Å²) >= 11 is 0. The molecule has 0 saturated heterocycles. The number of nitrogens with one attached hydrogen (secondary N) is 1. The van der Waals surface area contributed by atoms with Crippen molar-refractivity contribution in [3.63, 3.8) is 0 Å². The molecule has 0 atom stereocenters. The van der Waals surface area contributed by atoms with Crippen LogP contribution in [-0.4, -0.2) is 37.1 Å². The molecule has 3 N–H and O–H groups in total. The molecule has 2 aromatic rings. The van der Waals surface area contributed by atoms with E-state index in [1.54, 1.807) is 18.1 Å². The van der Waals surface area contributed by atoms with Crippen molar-refractivity contribution in [2.45, 2.75) is 6.42 Å². The molecule has 110 valence electrons. The first-order chi connectivity index (χ1) is 9.97. The van der Waals surface area contributed by atoms with Gasteiger partial charge in [-0.3, -0.25) is 19.6 Å². The zero-order valence-corrected chi connectivity index (χ0v) is 11.2. The lowest BCUT2D eigenvalue weighted by molar-refractivity contribution is -0.385. The smallest absolute Gasteiger partial charge is 0.300 e. The molecule has 0 saturated carbocycles. The van der Waals surface area contributed by atoms with E-state index in [1.165, 1.54) is 6.07 Å². The topological polar surface area (TPSA) is 142 Å². The third-order valence-electron chi connectivity index (χ3n) is 2.63. The minimum atomic E-state index is -0.679. The van der Waals surface area contributed by atoms with Crippen LogP contribution in [0.5, 0.6) is 0 Å². The fourth-order valence-corrected chi connectivity index (χ4v) is 1.67. The minimum absolute atomic E-state index is 0.0390. The lowest BCUT2D eigenvalue weighted by Crippen LogP contribution is -2.27. The van der Waals surface area contributed by atoms with Crippen molar-refractivity contribution in [1.82, 2.24) is 25.1 Å². The quantitative estimate of drug-likeness (QED) is 0.567. The average molecular weight is 291 g/mol. The van der Waals surface area contributed by atoms with E-state index in [0.717, 1.165) is 6.20 Å². The number of nitrogen functional groups attached to an aromatic ring is 1. The van der Waals surface area contributed by atoms with E-state index >= 15 is 0 Å². The van der Waals surface area contributed by atoms with E-state index in [2.05, 4.69) is 20.4 Å². The van der Waals surface area contributed by atoms with E-state index in [9.17, 15) is 14.9 Å². The zero-order chi connectivity index (χ0) is 15.4. The van der Waals surface area contributed by atoms with Crippen molar-refractivity contribution in [2.75, 3.05) is 12.3 Å². The predicted molar refractivity (Wildman–Crippen MR) is 72.3 cm³/mol. The maximum Gasteiger partial charge on any atom is 0.300 e. The lowest BCUT2D eigenvalue weighted by Gasteiger charge is -2.05. The molecule has 2 heterocycles. The standard InChI is InChI=1S/C11H13N7O3/c1-17-6-15-10(16-17)2-3-13-11(19)7-4-9(12)14-5-8(7)18(20)21/h4-6H,2-3H2,1H3,(H2,12,14)(H,13,19). The van der Waals surface area contributed by atoms with Gasteiger partial charge in [-0.25, -0.2) is 9.97 Å². The summed E-state index contributed by atoms with van der Waals surface area (Å²) in [5.74, 6) is 0.0189. The number of nitrogens with zero attached hydrogens (tertiary/aromatic N) is 5. The third kappa shape index (κ3) is 3.49. The second-order valence-electron chi connectivity index (χ2n) is 4.22. The molecule has 0 aliphatic heterocycles. The Balaban J connectivity index is 2.03. The summed E-state index contributed by atoms with van der Waals surface area (Å²) in [6.45, 7) is 0.252. The summed E-state index contributed by atoms with van der Waals surface area (Å²) in [5, 5.41) is 17.5. The highest BCUT2D eigenvalue weighted by Crippen LogP contribution is 2.18. The van der Waals surface area contributed by atoms with Crippen molar-refractivity contribution >= 4 is 17.4 Å². The van der Waals surface area contributed by atoms with Gasteiger partial charge in [0.2, 0.25) is 0 Å². The Morgan fingerprint density at radius 1 is 1.52 bits per heavy atom. The molecule has 1 amide bonds. The van der Waals surface area contributed by atoms with Crippen molar-refractivity contribution in [1.29, 1.82) is 0 Å². The summed E-state index contributed by atoms with van der Waals surface area (Å²) in [6, 6.07) is 1.17. The van der Waals surface area contributed by atoms with Crippen LogP contribution < -0.4 is 11.1 Å². The molecule has 0 aliphatic rings. The van der Waals surface area contributed by atoms with Gasteiger partial charge in [0.25, 0.3) is 11.6 Å². The first-order valence-electron chi connectivity index (χ1n) is 6.00. The molecule has 21 heavy (non-hydrogen) atoms. The highest BCUT2D eigenvalue weighted by Gasteiger charge is 2.20. The van der Waals surface area contributed by atoms with E-state index in [0.29, 0.717) is 12.2 Å². The van der Waals surface area contributed by atoms with Crippen LogP contribution in [-0.2, 0) is 13.5 Å². The van der Waals surface area contributed by atoms with Gasteiger partial charge in [0.05, 0.1) is 4.92 Å². The summed E-state index contributed by atoms with van der Waals surface area (Å²) in [4.78, 5) is 29.8. The number of pyridine rings is 1. The van der Waals surface area contributed by atoms with Crippen LogP contribution in [0.25, 0.3) is 0 Å². The SMILES string of the molecule is Cn1cnc(CCNC(=O)c2cc(N)ncc2[N+](=O)[O-])n1. The number of aromatic nitrogens is 4. The summed E-state index contributed by atoms with van der Waals surface area (Å²) < 4.78 is 1.55. The summed E-state index contributed by atoms with van der Waals surface area (Å²) in [6.07, 6.45) is 2.93. The predicted octanol–water partition coefficient (Wildman–Crippen LogP) is -0.327. The number of aryl methyl sites for hydroxylation is 1. The van der Waals surface area contributed by atoms with Gasteiger partial charge in [-0.2, -0.15) is 5.10 Å². The molecule has 0 aliphatic carbocycles. The first kappa shape index (κ1) is 14.4. The van der Waals surface area contributed by atoms with Crippen molar-refractivity contribution in [3.8, 4) is 0 Å². The summed E-state index contributed by atoms with van der Waals surface area (Å²) in [7, 11) is 1.73. The van der Waals surface area contributed by atoms with E-state index < -0.39 is 16.5 Å². The molecule has 0 bridgehead atoms. The average Bonchev–Trinajstić information content (AvgIpc) is 2.84. The Morgan fingerprint density at radius 3 is 2.90 bits per heavy atom. The number of hydrogen-bond acceptors (Lipinski definition) is 7. The van der Waals surface area contributed by atoms with Crippen LogP contribution in [0.2, 0.25) is 0 Å². The van der Waals surface area contributed by atoms with Crippen LogP contribution in [0, 0.1) is 10.1 Å². The number of nitrogens with two attached hydrogens (primary N) is 1. The molecular weight excluding hydrogens is 278 g/mol. The van der Waals surface area contributed by atoms with Crippen LogP contribution in [0.15, 0.2) is 18.6 Å². The number of hydrogen-bond donors (Lipinski definition) is 2. The van der Waals surface area contributed by atoms with Gasteiger partial charge in [-0.15, -0.1) is 0 Å². The molecule has 0 spiro atoms. The Labute approximate surface area is 119 Å². The van der Waals surface area contributed by atoms with E-state index in [4.69, 9.17) is 5.73 Å². The molecule has 2 aromatic heterocycles. The maximum absolute atomic E-state index is 12.0. The van der Waals surface area contributed by atoms with Gasteiger partial charge in [0.1, 0.15) is 23.9 Å². The Morgan fingerprint density at radius 2 is 2.29 bits per heavy atom. The molecule has 10 nitrogen and oxygen atoms in total. The highest BCUT2D eigenvalue weighted by atomic mass is 16.6. The van der Waals surface area contributed by atoms with Crippen molar-refractivity contribution < 1.29 is 9.72 Å². The lowest BCUT2D eigenvalue weighted by atomic mass is 10.2. The Kier molecular flexibility index (Phi) is 4.07. The molecule has 2 rings (SSSR count). The summed E-state index contributed by atoms with van der Waals surface area (Å²) in [5.41, 5.74) is 4.94. The second kappa shape index (κ2) is 5.94. The molecule has 0 fully saturated rings. The van der Waals surface area contributed by atoms with Gasteiger partial charge in [0.15, 0.2) is 5.82 Å². The Hall–Kier alpha value is -3.04. The van der Waals surface area contributed by atoms with Gasteiger partial charge < -0.3 is 11.1 Å². The number of rotatable bonds is 5. The fraction of sp³-hybridized carbons (Fsp3) is 0.273. The van der Waals surface area contributed by atoms with Crippen molar-refractivity contribution in [3.05, 3.63) is 40.1 Å². The normalized spacial score (nSPS) is 10.3. The number of amides is 1. The first-order valence-corrected chi connectivity index (χ1v) is 6.00. The maximum atomic E-state index is 12.0. The van der Waals surface area contributed by atoms with Gasteiger partial charge in [0, 0.05) is 20.0 Å². The number of anilines is 1. The zero-order valence-electron chi connectivity index (χ0n) is 11.2. The van der Waals surface area contributed by atoms with Gasteiger partial charge in [-0.05, 0) is 6.07 Å². The second-order valence-corrected chi connectivity index (χ2v) is 4.22. The largest absolute Gasteiger partial charge is 0.384 e. The molecular formula is C11H13N7O3. The van der Waals surface area contributed by atoms with Crippen LogP contribution >= 0.6 is 0 Å².